The van der Waals surface area contributed by atoms with E-state index in [1.54, 1.807) is 0 Å². The monoisotopic (exact) mass is 254 g/mol. The van der Waals surface area contributed by atoms with Gasteiger partial charge in [0.2, 0.25) is 6.79 Å². The zero-order valence-electron chi connectivity index (χ0n) is 11.4. The zero-order chi connectivity index (χ0) is 13.2. The third-order valence-electron chi connectivity index (χ3n) is 3.54. The molecule has 0 aliphatic carbocycles. The molecule has 19 heavy (non-hydrogen) atoms. The minimum Gasteiger partial charge on any atom is -0.454 e. The van der Waals surface area contributed by atoms with E-state index in [4.69, 9.17) is 9.47 Å². The fourth-order valence-electron chi connectivity index (χ4n) is 2.45. The van der Waals surface area contributed by atoms with Gasteiger partial charge in [-0.3, -0.25) is 0 Å². The van der Waals surface area contributed by atoms with E-state index in [0.717, 1.165) is 29.9 Å². The van der Waals surface area contributed by atoms with E-state index in [9.17, 15) is 0 Å². The van der Waals surface area contributed by atoms with E-state index < -0.39 is 0 Å². The standard InChI is InChI=1S/C17H18O2/c1-12-3-5-14(6-4-12)7-8-15-9-13(2)17-16(10-15)18-11-19-17/h3-6,9-10H,7-8,11H2,1-2H3. The number of hydrogen-bond donors (Lipinski definition) is 0. The van der Waals surface area contributed by atoms with Gasteiger partial charge in [0.25, 0.3) is 0 Å². The summed E-state index contributed by atoms with van der Waals surface area (Å²) in [7, 11) is 0. The molecule has 0 fully saturated rings. The van der Waals surface area contributed by atoms with Crippen molar-refractivity contribution in [3.05, 3.63) is 58.7 Å². The molecule has 98 valence electrons. The molecule has 0 saturated carbocycles. The largest absolute Gasteiger partial charge is 0.454 e. The van der Waals surface area contributed by atoms with Crippen LogP contribution in [0.15, 0.2) is 36.4 Å². The lowest BCUT2D eigenvalue weighted by molar-refractivity contribution is 0.173. The predicted molar refractivity (Wildman–Crippen MR) is 75.9 cm³/mol. The maximum Gasteiger partial charge on any atom is 0.231 e. The first-order valence-electron chi connectivity index (χ1n) is 6.67. The summed E-state index contributed by atoms with van der Waals surface area (Å²) in [5.74, 6) is 1.79. The van der Waals surface area contributed by atoms with Crippen LogP contribution in [0.25, 0.3) is 0 Å². The molecule has 0 radical (unpaired) electrons. The van der Waals surface area contributed by atoms with Crippen LogP contribution in [0.4, 0.5) is 0 Å². The highest BCUT2D eigenvalue weighted by Gasteiger charge is 2.16. The number of rotatable bonds is 3. The second-order valence-electron chi connectivity index (χ2n) is 5.13. The Bertz CT molecular complexity index is 585. The molecule has 2 nitrogen and oxygen atoms in total. The Morgan fingerprint density at radius 1 is 0.895 bits per heavy atom. The van der Waals surface area contributed by atoms with E-state index >= 15 is 0 Å². The second-order valence-corrected chi connectivity index (χ2v) is 5.13. The zero-order valence-corrected chi connectivity index (χ0v) is 11.4. The minimum absolute atomic E-state index is 0.345. The summed E-state index contributed by atoms with van der Waals surface area (Å²) in [5.41, 5.74) is 5.15. The van der Waals surface area contributed by atoms with Crippen molar-refractivity contribution in [2.24, 2.45) is 0 Å². The highest BCUT2D eigenvalue weighted by Crippen LogP contribution is 2.36. The molecule has 0 bridgehead atoms. The summed E-state index contributed by atoms with van der Waals surface area (Å²) in [5, 5.41) is 0. The quantitative estimate of drug-likeness (QED) is 0.829. The molecule has 2 aromatic rings. The number of hydrogen-bond acceptors (Lipinski definition) is 2. The van der Waals surface area contributed by atoms with Crippen LogP contribution in [0.3, 0.4) is 0 Å². The lowest BCUT2D eigenvalue weighted by Gasteiger charge is -2.06. The van der Waals surface area contributed by atoms with Gasteiger partial charge in [-0.2, -0.15) is 0 Å². The summed E-state index contributed by atoms with van der Waals surface area (Å²) in [6.07, 6.45) is 2.08. The Balaban J connectivity index is 1.73. The van der Waals surface area contributed by atoms with Gasteiger partial charge in [0.1, 0.15) is 0 Å². The Labute approximate surface area is 114 Å². The smallest absolute Gasteiger partial charge is 0.231 e. The third-order valence-corrected chi connectivity index (χ3v) is 3.54. The first-order valence-corrected chi connectivity index (χ1v) is 6.67. The van der Waals surface area contributed by atoms with E-state index in [1.165, 1.54) is 16.7 Å². The molecule has 0 N–H and O–H groups in total. The fourth-order valence-corrected chi connectivity index (χ4v) is 2.45. The molecule has 2 heteroatoms. The molecular formula is C17H18O2. The highest BCUT2D eigenvalue weighted by molar-refractivity contribution is 5.50. The lowest BCUT2D eigenvalue weighted by atomic mass is 10.0. The van der Waals surface area contributed by atoms with Gasteiger partial charge in [0.15, 0.2) is 11.5 Å². The van der Waals surface area contributed by atoms with Gasteiger partial charge in [-0.15, -0.1) is 0 Å². The van der Waals surface area contributed by atoms with Crippen LogP contribution in [0.1, 0.15) is 22.3 Å². The molecule has 1 aliphatic rings. The molecule has 0 amide bonds. The first kappa shape index (κ1) is 12.1. The van der Waals surface area contributed by atoms with Crippen LogP contribution in [0, 0.1) is 13.8 Å². The summed E-state index contributed by atoms with van der Waals surface area (Å²) >= 11 is 0. The van der Waals surface area contributed by atoms with Crippen molar-refractivity contribution in [3.63, 3.8) is 0 Å². The molecule has 0 spiro atoms. The number of benzene rings is 2. The Kier molecular flexibility index (Phi) is 3.16. The SMILES string of the molecule is Cc1ccc(CCc2cc(C)c3c(c2)OCO3)cc1. The summed E-state index contributed by atoms with van der Waals surface area (Å²) in [6, 6.07) is 13.0. The van der Waals surface area contributed by atoms with Gasteiger partial charge in [-0.1, -0.05) is 35.9 Å². The van der Waals surface area contributed by atoms with Crippen molar-refractivity contribution in [3.8, 4) is 11.5 Å². The number of aryl methyl sites for hydroxylation is 4. The second kappa shape index (κ2) is 4.96. The molecule has 0 unspecified atom stereocenters. The predicted octanol–water partition coefficient (Wildman–Crippen LogP) is 3.82. The maximum atomic E-state index is 5.47. The van der Waals surface area contributed by atoms with Crippen molar-refractivity contribution < 1.29 is 9.47 Å². The first-order chi connectivity index (χ1) is 9.22. The third kappa shape index (κ3) is 2.58. The van der Waals surface area contributed by atoms with Gasteiger partial charge >= 0.3 is 0 Å². The average Bonchev–Trinajstić information content (AvgIpc) is 2.87. The summed E-state index contributed by atoms with van der Waals surface area (Å²) in [4.78, 5) is 0. The van der Waals surface area contributed by atoms with Crippen molar-refractivity contribution in [1.82, 2.24) is 0 Å². The molecule has 3 rings (SSSR count). The Morgan fingerprint density at radius 2 is 1.63 bits per heavy atom. The topological polar surface area (TPSA) is 18.5 Å². The van der Waals surface area contributed by atoms with Gasteiger partial charge in [0.05, 0.1) is 0 Å². The average molecular weight is 254 g/mol. The van der Waals surface area contributed by atoms with Crippen molar-refractivity contribution in [2.75, 3.05) is 6.79 Å². The molecule has 0 aromatic heterocycles. The van der Waals surface area contributed by atoms with Crippen LogP contribution in [-0.2, 0) is 12.8 Å². The van der Waals surface area contributed by atoms with E-state index in [1.807, 2.05) is 0 Å². The van der Waals surface area contributed by atoms with E-state index in [-0.39, 0.29) is 0 Å². The molecule has 2 aromatic carbocycles. The van der Waals surface area contributed by atoms with Gasteiger partial charge < -0.3 is 9.47 Å². The highest BCUT2D eigenvalue weighted by atomic mass is 16.7. The molecule has 0 atom stereocenters. The summed E-state index contributed by atoms with van der Waals surface area (Å²) < 4.78 is 10.9. The van der Waals surface area contributed by atoms with Gasteiger partial charge in [-0.05, 0) is 49.4 Å². The Morgan fingerprint density at radius 3 is 2.42 bits per heavy atom. The Hall–Kier alpha value is -1.96. The van der Waals surface area contributed by atoms with Crippen molar-refractivity contribution >= 4 is 0 Å². The lowest BCUT2D eigenvalue weighted by Crippen LogP contribution is -1.93. The van der Waals surface area contributed by atoms with Crippen LogP contribution >= 0.6 is 0 Å². The van der Waals surface area contributed by atoms with Gasteiger partial charge in [-0.25, -0.2) is 0 Å². The number of fused-ring (bicyclic) bond motifs is 1. The van der Waals surface area contributed by atoms with Crippen LogP contribution < -0.4 is 9.47 Å². The van der Waals surface area contributed by atoms with Crippen molar-refractivity contribution in [2.45, 2.75) is 26.7 Å². The van der Waals surface area contributed by atoms with Crippen LogP contribution in [0.5, 0.6) is 11.5 Å². The number of ether oxygens (including phenoxy) is 2. The van der Waals surface area contributed by atoms with Crippen LogP contribution in [-0.4, -0.2) is 6.79 Å². The normalized spacial score (nSPS) is 12.7. The molecule has 1 heterocycles. The summed E-state index contributed by atoms with van der Waals surface area (Å²) in [6.45, 7) is 4.53. The fraction of sp³-hybridized carbons (Fsp3) is 0.294. The molecule has 1 aliphatic heterocycles. The molecular weight excluding hydrogens is 236 g/mol. The maximum absolute atomic E-state index is 5.47. The van der Waals surface area contributed by atoms with Crippen molar-refractivity contribution in [1.29, 1.82) is 0 Å². The van der Waals surface area contributed by atoms with E-state index in [2.05, 4.69) is 50.2 Å². The van der Waals surface area contributed by atoms with Gasteiger partial charge in [0, 0.05) is 0 Å². The van der Waals surface area contributed by atoms with Crippen LogP contribution in [0.2, 0.25) is 0 Å². The molecule has 0 saturated heterocycles. The minimum atomic E-state index is 0.345. The van der Waals surface area contributed by atoms with E-state index in [0.29, 0.717) is 6.79 Å².